The summed E-state index contributed by atoms with van der Waals surface area (Å²) >= 11 is 0. The Bertz CT molecular complexity index is 223. The van der Waals surface area contributed by atoms with Crippen LogP contribution >= 0.6 is 0 Å². The molecule has 4 heteroatoms. The summed E-state index contributed by atoms with van der Waals surface area (Å²) in [6, 6.07) is 0. The molecule has 0 saturated carbocycles. The smallest absolute Gasteiger partial charge is 0.236 e. The van der Waals surface area contributed by atoms with Crippen molar-refractivity contribution >= 4 is 5.94 Å². The molecule has 0 amide bonds. The molecule has 0 bridgehead atoms. The average molecular weight is 124 g/mol. The Morgan fingerprint density at radius 3 is 2.78 bits per heavy atom. The van der Waals surface area contributed by atoms with Crippen molar-refractivity contribution in [1.82, 2.24) is 0 Å². The summed E-state index contributed by atoms with van der Waals surface area (Å²) in [6.07, 6.45) is 1.41. The summed E-state index contributed by atoms with van der Waals surface area (Å²) in [5.74, 6) is 1.92. The van der Waals surface area contributed by atoms with Crippen molar-refractivity contribution in [3.8, 4) is 0 Å². The van der Waals surface area contributed by atoms with Crippen LogP contribution in [0.25, 0.3) is 0 Å². The van der Waals surface area contributed by atoms with Crippen LogP contribution in [0.5, 0.6) is 0 Å². The molecule has 1 aliphatic rings. The van der Waals surface area contributed by atoms with Crippen LogP contribution in [0, 0.1) is 0 Å². The van der Waals surface area contributed by atoms with Crippen molar-refractivity contribution in [2.24, 2.45) is 10.2 Å². The van der Waals surface area contributed by atoms with Crippen LogP contribution in [0.4, 0.5) is 0 Å². The highest BCUT2D eigenvalue weighted by molar-refractivity contribution is 5.57. The number of methoxy groups -OCH3 is 1. The van der Waals surface area contributed by atoms with Gasteiger partial charge in [-0.1, -0.05) is 0 Å². The molecular weight excluding hydrogens is 120 g/mol. The number of rotatable bonds is 1. The number of hydrogen-bond donors (Lipinski definition) is 0. The van der Waals surface area contributed by atoms with Gasteiger partial charge in [-0.15, -0.1) is 10.2 Å². The van der Waals surface area contributed by atoms with Gasteiger partial charge in [-0.25, -0.2) is 4.79 Å². The zero-order valence-corrected chi connectivity index (χ0v) is 4.79. The molecule has 0 unspecified atom stereocenters. The third-order valence-electron chi connectivity index (χ3n) is 0.830. The van der Waals surface area contributed by atoms with Crippen molar-refractivity contribution in [3.63, 3.8) is 0 Å². The second-order valence-electron chi connectivity index (χ2n) is 1.37. The lowest BCUT2D eigenvalue weighted by molar-refractivity contribution is 0.287. The maximum atomic E-state index is 9.85. The molecule has 0 aromatic rings. The molecule has 0 saturated heterocycles. The van der Waals surface area contributed by atoms with Crippen molar-refractivity contribution in [3.05, 3.63) is 17.7 Å². The van der Waals surface area contributed by atoms with E-state index in [0.717, 1.165) is 0 Å². The van der Waals surface area contributed by atoms with Crippen molar-refractivity contribution < 1.29 is 9.53 Å². The van der Waals surface area contributed by atoms with Crippen LogP contribution in [0.2, 0.25) is 0 Å². The van der Waals surface area contributed by atoms with E-state index in [4.69, 9.17) is 0 Å². The van der Waals surface area contributed by atoms with E-state index in [-0.39, 0.29) is 5.70 Å². The monoisotopic (exact) mass is 124 g/mol. The van der Waals surface area contributed by atoms with Gasteiger partial charge < -0.3 is 4.74 Å². The summed E-state index contributed by atoms with van der Waals surface area (Å²) < 4.78 is 4.64. The SMILES string of the molecule is COC1=CC(=C=O)N=N1. The van der Waals surface area contributed by atoms with Gasteiger partial charge in [0.05, 0.1) is 7.11 Å². The Morgan fingerprint density at radius 2 is 2.44 bits per heavy atom. The van der Waals surface area contributed by atoms with E-state index in [1.165, 1.54) is 13.2 Å². The molecule has 0 spiro atoms. The van der Waals surface area contributed by atoms with Crippen LogP contribution in [-0.4, -0.2) is 13.1 Å². The Morgan fingerprint density at radius 1 is 1.67 bits per heavy atom. The fraction of sp³-hybridized carbons (Fsp3) is 0.200. The van der Waals surface area contributed by atoms with Crippen molar-refractivity contribution in [1.29, 1.82) is 0 Å². The molecule has 9 heavy (non-hydrogen) atoms. The normalized spacial score (nSPS) is 15.2. The van der Waals surface area contributed by atoms with Gasteiger partial charge in [-0.3, -0.25) is 0 Å². The largest absolute Gasteiger partial charge is 0.480 e. The average Bonchev–Trinajstić information content (AvgIpc) is 2.34. The van der Waals surface area contributed by atoms with Crippen molar-refractivity contribution in [2.75, 3.05) is 7.11 Å². The van der Waals surface area contributed by atoms with Crippen LogP contribution in [0.3, 0.4) is 0 Å². The van der Waals surface area contributed by atoms with Crippen molar-refractivity contribution in [2.45, 2.75) is 0 Å². The zero-order valence-electron chi connectivity index (χ0n) is 4.79. The molecule has 1 aliphatic heterocycles. The lowest BCUT2D eigenvalue weighted by atomic mass is 10.5. The molecule has 0 aliphatic carbocycles. The zero-order chi connectivity index (χ0) is 6.69. The molecule has 0 N–H and O–H groups in total. The minimum atomic E-state index is 0.173. The van der Waals surface area contributed by atoms with Crippen LogP contribution in [-0.2, 0) is 9.53 Å². The molecule has 46 valence electrons. The van der Waals surface area contributed by atoms with E-state index < -0.39 is 0 Å². The summed E-state index contributed by atoms with van der Waals surface area (Å²) in [5, 5.41) is 6.88. The Hall–Kier alpha value is -1.41. The Kier molecular flexibility index (Phi) is 1.42. The third-order valence-corrected chi connectivity index (χ3v) is 0.830. The highest BCUT2D eigenvalue weighted by atomic mass is 16.5. The minimum absolute atomic E-state index is 0.173. The highest BCUT2D eigenvalue weighted by Gasteiger charge is 2.03. The molecule has 0 aromatic heterocycles. The van der Waals surface area contributed by atoms with Gasteiger partial charge in [-0.2, -0.15) is 0 Å². The first-order valence-electron chi connectivity index (χ1n) is 2.29. The van der Waals surface area contributed by atoms with E-state index in [0.29, 0.717) is 5.88 Å². The number of ether oxygens (including phenoxy) is 1. The van der Waals surface area contributed by atoms with E-state index in [9.17, 15) is 4.79 Å². The quantitative estimate of drug-likeness (QED) is 0.482. The molecule has 0 aromatic carbocycles. The molecule has 1 rings (SSSR count). The maximum absolute atomic E-state index is 9.85. The van der Waals surface area contributed by atoms with Crippen LogP contribution < -0.4 is 0 Å². The van der Waals surface area contributed by atoms with Gasteiger partial charge in [0.2, 0.25) is 5.88 Å². The number of allylic oxidation sites excluding steroid dienone is 1. The second kappa shape index (κ2) is 2.24. The standard InChI is InChI=1S/C5H4N2O2/c1-9-5-2-4(3-8)6-7-5/h2H,1H3. The Balaban J connectivity index is 2.86. The first-order valence-corrected chi connectivity index (χ1v) is 2.29. The summed E-state index contributed by atoms with van der Waals surface area (Å²) in [6.45, 7) is 0. The van der Waals surface area contributed by atoms with Gasteiger partial charge in [-0.05, 0) is 0 Å². The summed E-state index contributed by atoms with van der Waals surface area (Å²) in [4.78, 5) is 9.85. The van der Waals surface area contributed by atoms with E-state index >= 15 is 0 Å². The summed E-state index contributed by atoms with van der Waals surface area (Å²) in [5.41, 5.74) is 0.173. The van der Waals surface area contributed by atoms with E-state index in [1.54, 1.807) is 5.94 Å². The molecular formula is C5H4N2O2. The first kappa shape index (κ1) is 5.72. The second-order valence-corrected chi connectivity index (χ2v) is 1.37. The van der Waals surface area contributed by atoms with Gasteiger partial charge in [0.25, 0.3) is 0 Å². The predicted molar refractivity (Wildman–Crippen MR) is 29.2 cm³/mol. The molecule has 4 nitrogen and oxygen atoms in total. The molecule has 0 radical (unpaired) electrons. The lowest BCUT2D eigenvalue weighted by Crippen LogP contribution is -1.74. The maximum Gasteiger partial charge on any atom is 0.236 e. The van der Waals surface area contributed by atoms with Gasteiger partial charge >= 0.3 is 0 Å². The number of azo groups is 1. The summed E-state index contributed by atoms with van der Waals surface area (Å²) in [7, 11) is 1.46. The van der Waals surface area contributed by atoms with Gasteiger partial charge in [0.1, 0.15) is 0 Å². The lowest BCUT2D eigenvalue weighted by Gasteiger charge is -1.87. The van der Waals surface area contributed by atoms with E-state index in [2.05, 4.69) is 15.0 Å². The predicted octanol–water partition coefficient (Wildman–Crippen LogP) is 0.655. The first-order chi connectivity index (χ1) is 4.36. The van der Waals surface area contributed by atoms with E-state index in [1.807, 2.05) is 0 Å². The number of carbonyl (C=O) groups excluding carboxylic acids is 1. The van der Waals surface area contributed by atoms with Gasteiger partial charge in [0.15, 0.2) is 11.6 Å². The minimum Gasteiger partial charge on any atom is -0.480 e. The molecule has 1 heterocycles. The molecule has 0 fully saturated rings. The molecule has 0 atom stereocenters. The van der Waals surface area contributed by atoms with Gasteiger partial charge in [0, 0.05) is 6.08 Å². The fourth-order valence-electron chi connectivity index (χ4n) is 0.427. The number of nitrogens with zero attached hydrogens (tertiary/aromatic N) is 2. The Labute approximate surface area is 51.5 Å². The number of hydrogen-bond acceptors (Lipinski definition) is 4. The van der Waals surface area contributed by atoms with Crippen LogP contribution in [0.15, 0.2) is 27.9 Å². The third kappa shape index (κ3) is 1.03. The van der Waals surface area contributed by atoms with Crippen LogP contribution in [0.1, 0.15) is 0 Å². The topological polar surface area (TPSA) is 51.0 Å². The highest BCUT2D eigenvalue weighted by Crippen LogP contribution is 2.12. The fourth-order valence-corrected chi connectivity index (χ4v) is 0.427.